The van der Waals surface area contributed by atoms with E-state index < -0.39 is 11.4 Å². The number of ether oxygens (including phenoxy) is 1. The number of carbonyl (C=O) groups is 1. The molecule has 0 amide bonds. The molecule has 0 atom stereocenters. The number of methoxy groups -OCH3 is 1. The van der Waals surface area contributed by atoms with Crippen molar-refractivity contribution in [2.75, 3.05) is 7.11 Å². The summed E-state index contributed by atoms with van der Waals surface area (Å²) in [6.07, 6.45) is 5.20. The highest BCUT2D eigenvalue weighted by molar-refractivity contribution is 5.86. The van der Waals surface area contributed by atoms with Crippen LogP contribution in [0.2, 0.25) is 0 Å². The predicted octanol–water partition coefficient (Wildman–Crippen LogP) is 3.08. The number of hydrogen-bond donors (Lipinski definition) is 1. The Morgan fingerprint density at radius 2 is 2.11 bits per heavy atom. The van der Waals surface area contributed by atoms with Gasteiger partial charge >= 0.3 is 5.97 Å². The maximum absolute atomic E-state index is 11.5. The lowest BCUT2D eigenvalue weighted by molar-refractivity contribution is -0.140. The largest absolute Gasteiger partial charge is 0.496 e. The summed E-state index contributed by atoms with van der Waals surface area (Å²) in [6, 6.07) is 6.10. The van der Waals surface area contributed by atoms with Crippen LogP contribution in [0.5, 0.6) is 5.75 Å². The van der Waals surface area contributed by atoms with E-state index in [1.165, 1.54) is 24.8 Å². The van der Waals surface area contributed by atoms with E-state index in [-0.39, 0.29) is 0 Å². The zero-order valence-corrected chi connectivity index (χ0v) is 10.6. The zero-order valence-electron chi connectivity index (χ0n) is 10.6. The molecule has 2 aliphatic rings. The summed E-state index contributed by atoms with van der Waals surface area (Å²) in [5.74, 6) is 0.629. The number of benzene rings is 1. The molecular formula is C15H18O3. The SMILES string of the molecule is COc1ccc(C2CCC2)cc1C1(C(=O)O)CC1. The second-order valence-corrected chi connectivity index (χ2v) is 5.47. The fraction of sp³-hybridized carbons (Fsp3) is 0.533. The summed E-state index contributed by atoms with van der Waals surface area (Å²) >= 11 is 0. The number of carboxylic acids is 1. The third-order valence-corrected chi connectivity index (χ3v) is 4.48. The minimum absolute atomic E-state index is 0.624. The van der Waals surface area contributed by atoms with Gasteiger partial charge in [-0.25, -0.2) is 0 Å². The van der Waals surface area contributed by atoms with Crippen LogP contribution >= 0.6 is 0 Å². The molecule has 0 heterocycles. The molecule has 2 fully saturated rings. The number of hydrogen-bond acceptors (Lipinski definition) is 2. The zero-order chi connectivity index (χ0) is 12.8. The van der Waals surface area contributed by atoms with Crippen LogP contribution in [-0.2, 0) is 10.2 Å². The molecule has 0 bridgehead atoms. The van der Waals surface area contributed by atoms with Crippen molar-refractivity contribution in [3.8, 4) is 5.75 Å². The minimum Gasteiger partial charge on any atom is -0.496 e. The molecule has 0 saturated heterocycles. The summed E-state index contributed by atoms with van der Waals surface area (Å²) in [4.78, 5) is 11.5. The van der Waals surface area contributed by atoms with E-state index >= 15 is 0 Å². The van der Waals surface area contributed by atoms with Crippen molar-refractivity contribution in [1.29, 1.82) is 0 Å². The number of aliphatic carboxylic acids is 1. The molecular weight excluding hydrogens is 228 g/mol. The van der Waals surface area contributed by atoms with Crippen molar-refractivity contribution in [2.45, 2.75) is 43.4 Å². The Bertz CT molecular complexity index is 485. The Balaban J connectivity index is 2.02. The summed E-state index contributed by atoms with van der Waals surface area (Å²) in [6.45, 7) is 0. The molecule has 0 aliphatic heterocycles. The van der Waals surface area contributed by atoms with Gasteiger partial charge in [-0.15, -0.1) is 0 Å². The van der Waals surface area contributed by atoms with Crippen LogP contribution in [0.4, 0.5) is 0 Å². The molecule has 1 aromatic carbocycles. The van der Waals surface area contributed by atoms with Gasteiger partial charge in [0.2, 0.25) is 0 Å². The monoisotopic (exact) mass is 246 g/mol. The molecule has 18 heavy (non-hydrogen) atoms. The van der Waals surface area contributed by atoms with Crippen LogP contribution in [0.1, 0.15) is 49.1 Å². The van der Waals surface area contributed by atoms with Crippen molar-refractivity contribution >= 4 is 5.97 Å². The van der Waals surface area contributed by atoms with Gasteiger partial charge in [-0.3, -0.25) is 4.79 Å². The van der Waals surface area contributed by atoms with Gasteiger partial charge in [0.1, 0.15) is 5.75 Å². The minimum atomic E-state index is -0.716. The van der Waals surface area contributed by atoms with Crippen molar-refractivity contribution in [3.05, 3.63) is 29.3 Å². The van der Waals surface area contributed by atoms with Gasteiger partial charge in [-0.05, 0) is 43.2 Å². The van der Waals surface area contributed by atoms with Crippen LogP contribution in [0, 0.1) is 0 Å². The average molecular weight is 246 g/mol. The van der Waals surface area contributed by atoms with E-state index in [0.717, 1.165) is 24.2 Å². The second-order valence-electron chi connectivity index (χ2n) is 5.47. The second kappa shape index (κ2) is 4.01. The highest BCUT2D eigenvalue weighted by atomic mass is 16.5. The maximum atomic E-state index is 11.5. The molecule has 0 spiro atoms. The summed E-state index contributed by atoms with van der Waals surface area (Å²) in [7, 11) is 1.61. The van der Waals surface area contributed by atoms with Gasteiger partial charge in [0, 0.05) is 5.56 Å². The van der Waals surface area contributed by atoms with Crippen molar-refractivity contribution < 1.29 is 14.6 Å². The van der Waals surface area contributed by atoms with E-state index in [9.17, 15) is 9.90 Å². The van der Waals surface area contributed by atoms with Crippen molar-refractivity contribution in [2.24, 2.45) is 0 Å². The van der Waals surface area contributed by atoms with E-state index in [2.05, 4.69) is 12.1 Å². The lowest BCUT2D eigenvalue weighted by Crippen LogP contribution is -2.21. The predicted molar refractivity (Wildman–Crippen MR) is 68.1 cm³/mol. The molecule has 0 aromatic heterocycles. The molecule has 3 nitrogen and oxygen atoms in total. The fourth-order valence-corrected chi connectivity index (χ4v) is 2.82. The smallest absolute Gasteiger partial charge is 0.314 e. The maximum Gasteiger partial charge on any atom is 0.314 e. The first kappa shape index (κ1) is 11.6. The lowest BCUT2D eigenvalue weighted by atomic mass is 9.78. The fourth-order valence-electron chi connectivity index (χ4n) is 2.82. The normalized spacial score (nSPS) is 21.2. The van der Waals surface area contributed by atoms with Gasteiger partial charge in [-0.2, -0.15) is 0 Å². The van der Waals surface area contributed by atoms with Gasteiger partial charge in [0.25, 0.3) is 0 Å². The topological polar surface area (TPSA) is 46.5 Å². The van der Waals surface area contributed by atoms with E-state index in [1.807, 2.05) is 6.07 Å². The molecule has 3 heteroatoms. The van der Waals surface area contributed by atoms with Crippen LogP contribution in [0.25, 0.3) is 0 Å². The molecule has 1 aromatic rings. The molecule has 2 aliphatic carbocycles. The Labute approximate surface area is 107 Å². The first-order chi connectivity index (χ1) is 8.67. The van der Waals surface area contributed by atoms with Gasteiger partial charge in [0.05, 0.1) is 12.5 Å². The van der Waals surface area contributed by atoms with Crippen molar-refractivity contribution in [1.82, 2.24) is 0 Å². The van der Waals surface area contributed by atoms with E-state index in [4.69, 9.17) is 4.74 Å². The van der Waals surface area contributed by atoms with Crippen LogP contribution < -0.4 is 4.74 Å². The first-order valence-electron chi connectivity index (χ1n) is 6.59. The molecule has 0 radical (unpaired) electrons. The molecule has 0 unspecified atom stereocenters. The average Bonchev–Trinajstić information content (AvgIpc) is 3.07. The Kier molecular flexibility index (Phi) is 2.58. The Morgan fingerprint density at radius 1 is 1.39 bits per heavy atom. The Hall–Kier alpha value is -1.51. The third-order valence-electron chi connectivity index (χ3n) is 4.48. The molecule has 2 saturated carbocycles. The summed E-state index contributed by atoms with van der Waals surface area (Å²) in [5, 5.41) is 9.42. The molecule has 96 valence electrons. The van der Waals surface area contributed by atoms with Gasteiger partial charge < -0.3 is 9.84 Å². The first-order valence-corrected chi connectivity index (χ1v) is 6.59. The van der Waals surface area contributed by atoms with E-state index in [0.29, 0.717) is 5.92 Å². The Morgan fingerprint density at radius 3 is 2.56 bits per heavy atom. The third kappa shape index (κ3) is 1.61. The molecule has 1 N–H and O–H groups in total. The lowest BCUT2D eigenvalue weighted by Gasteiger charge is -2.27. The van der Waals surface area contributed by atoms with Crippen LogP contribution in [0.3, 0.4) is 0 Å². The highest BCUT2D eigenvalue weighted by Crippen LogP contribution is 2.52. The quantitative estimate of drug-likeness (QED) is 0.888. The number of carboxylic acid groups (broad SMARTS) is 1. The summed E-state index contributed by atoms with van der Waals surface area (Å²) in [5.41, 5.74) is 1.48. The summed E-state index contributed by atoms with van der Waals surface area (Å²) < 4.78 is 5.34. The highest BCUT2D eigenvalue weighted by Gasteiger charge is 2.53. The number of rotatable bonds is 4. The van der Waals surface area contributed by atoms with E-state index in [1.54, 1.807) is 7.11 Å². The van der Waals surface area contributed by atoms with Gasteiger partial charge in [-0.1, -0.05) is 18.6 Å². The standard InChI is InChI=1S/C15H18O3/c1-18-13-6-5-11(10-3-2-4-10)9-12(13)15(7-8-15)14(16)17/h5-6,9-10H,2-4,7-8H2,1H3,(H,16,17). The van der Waals surface area contributed by atoms with Crippen LogP contribution in [0.15, 0.2) is 18.2 Å². The van der Waals surface area contributed by atoms with Crippen LogP contribution in [-0.4, -0.2) is 18.2 Å². The van der Waals surface area contributed by atoms with Crippen molar-refractivity contribution in [3.63, 3.8) is 0 Å². The van der Waals surface area contributed by atoms with Gasteiger partial charge in [0.15, 0.2) is 0 Å². The molecule has 3 rings (SSSR count).